The second-order valence-electron chi connectivity index (χ2n) is 4.13. The molecule has 2 aromatic carbocycles. The van der Waals surface area contributed by atoms with Crippen molar-refractivity contribution < 1.29 is 13.9 Å². The molecule has 2 aromatic rings. The van der Waals surface area contributed by atoms with Gasteiger partial charge >= 0.3 is 0 Å². The van der Waals surface area contributed by atoms with Gasteiger partial charge in [-0.2, -0.15) is 0 Å². The lowest BCUT2D eigenvalue weighted by Gasteiger charge is -2.08. The van der Waals surface area contributed by atoms with Crippen LogP contribution in [-0.4, -0.2) is 20.1 Å². The molecule has 1 amide bonds. The van der Waals surface area contributed by atoms with Gasteiger partial charge in [0.1, 0.15) is 0 Å². The Labute approximate surface area is 116 Å². The lowest BCUT2D eigenvalue weighted by atomic mass is 10.2. The number of carbonyl (C=O) groups excluding carboxylic acids is 1. The number of amides is 1. The Bertz CT molecular complexity index is 612. The molecule has 0 aliphatic carbocycles. The summed E-state index contributed by atoms with van der Waals surface area (Å²) in [5.41, 5.74) is 1.92. The zero-order valence-corrected chi connectivity index (χ0v) is 11.2. The number of nitrogens with one attached hydrogen (secondary N) is 2. The summed E-state index contributed by atoms with van der Waals surface area (Å²) in [5.74, 6) is -0.640. The van der Waals surface area contributed by atoms with Gasteiger partial charge in [-0.1, -0.05) is 0 Å². The molecule has 0 saturated heterocycles. The van der Waals surface area contributed by atoms with Crippen molar-refractivity contribution >= 4 is 17.3 Å². The molecule has 0 fully saturated rings. The van der Waals surface area contributed by atoms with Gasteiger partial charge in [0.2, 0.25) is 0 Å². The zero-order chi connectivity index (χ0) is 14.5. The number of halogens is 1. The third kappa shape index (κ3) is 3.06. The van der Waals surface area contributed by atoms with Crippen molar-refractivity contribution in [2.45, 2.75) is 0 Å². The van der Waals surface area contributed by atoms with Crippen molar-refractivity contribution in [3.05, 3.63) is 53.8 Å². The third-order valence-electron chi connectivity index (χ3n) is 2.84. The molecule has 0 radical (unpaired) electrons. The predicted molar refractivity (Wildman–Crippen MR) is 76.9 cm³/mol. The van der Waals surface area contributed by atoms with Crippen molar-refractivity contribution in [2.75, 3.05) is 24.8 Å². The molecule has 20 heavy (non-hydrogen) atoms. The van der Waals surface area contributed by atoms with E-state index in [1.54, 1.807) is 31.3 Å². The molecule has 0 atom stereocenters. The fraction of sp³-hybridized carbons (Fsp3) is 0.133. The Morgan fingerprint density at radius 2 is 1.75 bits per heavy atom. The van der Waals surface area contributed by atoms with Crippen LogP contribution in [0.25, 0.3) is 0 Å². The molecule has 0 spiro atoms. The van der Waals surface area contributed by atoms with Gasteiger partial charge in [0, 0.05) is 30.1 Å². The van der Waals surface area contributed by atoms with Crippen LogP contribution >= 0.6 is 0 Å². The maximum atomic E-state index is 13.3. The van der Waals surface area contributed by atoms with E-state index < -0.39 is 5.82 Å². The van der Waals surface area contributed by atoms with E-state index in [2.05, 4.69) is 10.6 Å². The first kappa shape index (κ1) is 13.9. The maximum Gasteiger partial charge on any atom is 0.255 e. The normalized spacial score (nSPS) is 9.95. The largest absolute Gasteiger partial charge is 0.494 e. The van der Waals surface area contributed by atoms with E-state index >= 15 is 0 Å². The summed E-state index contributed by atoms with van der Waals surface area (Å²) in [5, 5.41) is 5.67. The Hall–Kier alpha value is -2.56. The van der Waals surface area contributed by atoms with Crippen molar-refractivity contribution in [1.82, 2.24) is 0 Å². The van der Waals surface area contributed by atoms with Crippen LogP contribution in [0.4, 0.5) is 15.8 Å². The van der Waals surface area contributed by atoms with Gasteiger partial charge in [0.25, 0.3) is 5.91 Å². The standard InChI is InChI=1S/C15H15FN2O2/c1-17-11-5-3-10(4-6-11)15(19)18-12-7-8-13(16)14(9-12)20-2/h3-9,17H,1-2H3,(H,18,19). The Balaban J connectivity index is 2.14. The first-order valence-electron chi connectivity index (χ1n) is 6.06. The van der Waals surface area contributed by atoms with Gasteiger partial charge in [-0.15, -0.1) is 0 Å². The quantitative estimate of drug-likeness (QED) is 0.900. The topological polar surface area (TPSA) is 50.4 Å². The fourth-order valence-electron chi connectivity index (χ4n) is 1.73. The summed E-state index contributed by atoms with van der Waals surface area (Å²) in [6.07, 6.45) is 0. The maximum absolute atomic E-state index is 13.3. The first-order valence-corrected chi connectivity index (χ1v) is 6.06. The second kappa shape index (κ2) is 6.06. The van der Waals surface area contributed by atoms with Gasteiger partial charge in [-0.05, 0) is 36.4 Å². The number of hydrogen-bond donors (Lipinski definition) is 2. The van der Waals surface area contributed by atoms with E-state index in [9.17, 15) is 9.18 Å². The minimum absolute atomic E-state index is 0.0910. The van der Waals surface area contributed by atoms with Gasteiger partial charge in [-0.3, -0.25) is 4.79 Å². The predicted octanol–water partition coefficient (Wildman–Crippen LogP) is 3.13. The number of benzene rings is 2. The molecule has 0 aliphatic heterocycles. The first-order chi connectivity index (χ1) is 9.63. The average Bonchev–Trinajstić information content (AvgIpc) is 2.49. The van der Waals surface area contributed by atoms with E-state index in [0.29, 0.717) is 11.3 Å². The molecule has 0 aromatic heterocycles. The molecule has 0 saturated carbocycles. The summed E-state index contributed by atoms with van der Waals surface area (Å²) >= 11 is 0. The summed E-state index contributed by atoms with van der Waals surface area (Å²) in [7, 11) is 3.18. The van der Waals surface area contributed by atoms with Crippen molar-refractivity contribution in [2.24, 2.45) is 0 Å². The van der Waals surface area contributed by atoms with Crippen molar-refractivity contribution in [3.63, 3.8) is 0 Å². The number of methoxy groups -OCH3 is 1. The van der Waals surface area contributed by atoms with Crippen LogP contribution in [0.15, 0.2) is 42.5 Å². The molecule has 2 rings (SSSR count). The Morgan fingerprint density at radius 3 is 2.35 bits per heavy atom. The number of hydrogen-bond acceptors (Lipinski definition) is 3. The minimum atomic E-state index is -0.469. The van der Waals surface area contributed by atoms with Crippen LogP contribution in [0.1, 0.15) is 10.4 Å². The van der Waals surface area contributed by atoms with Crippen LogP contribution in [0, 0.1) is 5.82 Å². The molecule has 104 valence electrons. The fourth-order valence-corrected chi connectivity index (χ4v) is 1.73. The Kier molecular flexibility index (Phi) is 4.20. The highest BCUT2D eigenvalue weighted by molar-refractivity contribution is 6.04. The molecule has 0 heterocycles. The molecule has 0 bridgehead atoms. The molecule has 5 heteroatoms. The number of ether oxygens (including phenoxy) is 1. The van der Waals surface area contributed by atoms with E-state index in [1.165, 1.54) is 25.3 Å². The summed E-state index contributed by atoms with van der Waals surface area (Å²) in [6, 6.07) is 11.2. The second-order valence-corrected chi connectivity index (χ2v) is 4.13. The highest BCUT2D eigenvalue weighted by atomic mass is 19.1. The lowest BCUT2D eigenvalue weighted by Crippen LogP contribution is -2.12. The summed E-state index contributed by atoms with van der Waals surface area (Å²) in [4.78, 5) is 12.0. The summed E-state index contributed by atoms with van der Waals surface area (Å²) < 4.78 is 18.1. The van der Waals surface area contributed by atoms with Gasteiger partial charge < -0.3 is 15.4 Å². The molecule has 2 N–H and O–H groups in total. The molecular formula is C15H15FN2O2. The van der Waals surface area contributed by atoms with Crippen LogP contribution < -0.4 is 15.4 Å². The van der Waals surface area contributed by atoms with Crippen LogP contribution in [-0.2, 0) is 0 Å². The highest BCUT2D eigenvalue weighted by Gasteiger charge is 2.08. The molecule has 4 nitrogen and oxygen atoms in total. The molecule has 0 aliphatic rings. The van der Waals surface area contributed by atoms with E-state index in [0.717, 1.165) is 5.69 Å². The van der Waals surface area contributed by atoms with Crippen molar-refractivity contribution in [1.29, 1.82) is 0 Å². The smallest absolute Gasteiger partial charge is 0.255 e. The number of anilines is 2. The van der Waals surface area contributed by atoms with Crippen LogP contribution in [0.5, 0.6) is 5.75 Å². The van der Waals surface area contributed by atoms with E-state index in [1.807, 2.05) is 0 Å². The van der Waals surface area contributed by atoms with Crippen LogP contribution in [0.2, 0.25) is 0 Å². The SMILES string of the molecule is CNc1ccc(C(=O)Nc2ccc(F)c(OC)c2)cc1. The van der Waals surface area contributed by atoms with Gasteiger partial charge in [0.15, 0.2) is 11.6 Å². The number of carbonyl (C=O) groups is 1. The van der Waals surface area contributed by atoms with Gasteiger partial charge in [0.05, 0.1) is 7.11 Å². The Morgan fingerprint density at radius 1 is 1.10 bits per heavy atom. The highest BCUT2D eigenvalue weighted by Crippen LogP contribution is 2.22. The molecule has 0 unspecified atom stereocenters. The monoisotopic (exact) mass is 274 g/mol. The van der Waals surface area contributed by atoms with Gasteiger partial charge in [-0.25, -0.2) is 4.39 Å². The average molecular weight is 274 g/mol. The van der Waals surface area contributed by atoms with E-state index in [4.69, 9.17) is 4.74 Å². The van der Waals surface area contributed by atoms with Crippen molar-refractivity contribution in [3.8, 4) is 5.75 Å². The summed E-state index contributed by atoms with van der Waals surface area (Å²) in [6.45, 7) is 0. The lowest BCUT2D eigenvalue weighted by molar-refractivity contribution is 0.102. The molecular weight excluding hydrogens is 259 g/mol. The van der Waals surface area contributed by atoms with Crippen LogP contribution in [0.3, 0.4) is 0 Å². The van der Waals surface area contributed by atoms with E-state index in [-0.39, 0.29) is 11.7 Å². The third-order valence-corrected chi connectivity index (χ3v) is 2.84. The minimum Gasteiger partial charge on any atom is -0.494 e. The number of rotatable bonds is 4. The zero-order valence-electron chi connectivity index (χ0n) is 11.2.